The molecule has 3 aromatic rings. The number of hydrogen-bond acceptors (Lipinski definition) is 6. The molecule has 0 saturated heterocycles. The molecule has 2 aromatic heterocycles. The van der Waals surface area contributed by atoms with Gasteiger partial charge in [-0.3, -0.25) is 18.5 Å². The van der Waals surface area contributed by atoms with Gasteiger partial charge in [0.15, 0.2) is 11.2 Å². The molecule has 1 N–H and O–H groups in total. The predicted octanol–water partition coefficient (Wildman–Crippen LogP) is 0.742. The normalized spacial score (nSPS) is 13.6. The molecule has 0 amide bonds. The van der Waals surface area contributed by atoms with Gasteiger partial charge in [-0.25, -0.2) is 9.80 Å². The molecular weight excluding hydrogens is 346 g/mol. The molecule has 4 rings (SSSR count). The number of benzene rings is 1. The van der Waals surface area contributed by atoms with Crippen LogP contribution in [0.5, 0.6) is 0 Å². The highest BCUT2D eigenvalue weighted by molar-refractivity contribution is 5.87. The SMILES string of the molecule is CC1=NN(CCNc2ccccc2)c2nc3c(c(=O)n(C)c(=O)n3C)n2C1. The molecule has 1 aliphatic heterocycles. The average Bonchev–Trinajstić information content (AvgIpc) is 3.05. The van der Waals surface area contributed by atoms with Crippen LogP contribution in [-0.4, -0.2) is 37.5 Å². The summed E-state index contributed by atoms with van der Waals surface area (Å²) in [5.74, 6) is 0.573. The van der Waals surface area contributed by atoms with Gasteiger partial charge in [0.1, 0.15) is 0 Å². The van der Waals surface area contributed by atoms with E-state index in [9.17, 15) is 9.59 Å². The van der Waals surface area contributed by atoms with Crippen LogP contribution in [0.2, 0.25) is 0 Å². The average molecular weight is 367 g/mol. The molecule has 0 spiro atoms. The second kappa shape index (κ2) is 6.42. The van der Waals surface area contributed by atoms with Crippen molar-refractivity contribution < 1.29 is 0 Å². The lowest BCUT2D eigenvalue weighted by atomic mass is 10.3. The van der Waals surface area contributed by atoms with Crippen LogP contribution in [-0.2, 0) is 20.6 Å². The van der Waals surface area contributed by atoms with E-state index in [4.69, 9.17) is 0 Å². The molecule has 3 heterocycles. The molecule has 0 atom stereocenters. The third kappa shape index (κ3) is 2.80. The summed E-state index contributed by atoms with van der Waals surface area (Å²) in [7, 11) is 3.10. The Morgan fingerprint density at radius 3 is 2.59 bits per heavy atom. The number of anilines is 2. The van der Waals surface area contributed by atoms with E-state index >= 15 is 0 Å². The highest BCUT2D eigenvalue weighted by Crippen LogP contribution is 2.23. The maximum atomic E-state index is 12.7. The number of para-hydroxylation sites is 1. The Hall–Kier alpha value is -3.36. The molecule has 1 aromatic carbocycles. The van der Waals surface area contributed by atoms with Crippen molar-refractivity contribution >= 4 is 28.5 Å². The highest BCUT2D eigenvalue weighted by Gasteiger charge is 2.25. The van der Waals surface area contributed by atoms with Crippen molar-refractivity contribution in [2.45, 2.75) is 13.5 Å². The van der Waals surface area contributed by atoms with Gasteiger partial charge in [0, 0.05) is 26.3 Å². The molecule has 0 saturated carbocycles. The smallest absolute Gasteiger partial charge is 0.332 e. The fourth-order valence-electron chi connectivity index (χ4n) is 3.31. The Labute approximate surface area is 155 Å². The number of imidazole rings is 1. The van der Waals surface area contributed by atoms with Crippen LogP contribution in [0.1, 0.15) is 6.92 Å². The molecule has 0 aliphatic carbocycles. The van der Waals surface area contributed by atoms with Crippen LogP contribution in [0.3, 0.4) is 0 Å². The maximum absolute atomic E-state index is 12.7. The Balaban J connectivity index is 1.71. The lowest BCUT2D eigenvalue weighted by molar-refractivity contribution is 0.700. The lowest BCUT2D eigenvalue weighted by Gasteiger charge is -2.25. The summed E-state index contributed by atoms with van der Waals surface area (Å²) in [6.45, 7) is 3.62. The Morgan fingerprint density at radius 2 is 1.85 bits per heavy atom. The molecule has 1 aliphatic rings. The molecule has 9 nitrogen and oxygen atoms in total. The summed E-state index contributed by atoms with van der Waals surface area (Å²) in [4.78, 5) is 29.4. The van der Waals surface area contributed by atoms with Crippen molar-refractivity contribution in [1.29, 1.82) is 0 Å². The quantitative estimate of drug-likeness (QED) is 0.735. The zero-order valence-corrected chi connectivity index (χ0v) is 15.5. The molecule has 0 fully saturated rings. The zero-order chi connectivity index (χ0) is 19.1. The van der Waals surface area contributed by atoms with Crippen molar-refractivity contribution in [2.24, 2.45) is 19.2 Å². The van der Waals surface area contributed by atoms with Crippen LogP contribution in [0.4, 0.5) is 11.6 Å². The van der Waals surface area contributed by atoms with E-state index < -0.39 is 5.69 Å². The van der Waals surface area contributed by atoms with Gasteiger partial charge in [-0.2, -0.15) is 10.1 Å². The van der Waals surface area contributed by atoms with Gasteiger partial charge in [-0.1, -0.05) is 18.2 Å². The van der Waals surface area contributed by atoms with Crippen molar-refractivity contribution in [3.63, 3.8) is 0 Å². The molecule has 27 heavy (non-hydrogen) atoms. The summed E-state index contributed by atoms with van der Waals surface area (Å²) in [5, 5.41) is 9.70. The first kappa shape index (κ1) is 17.1. The van der Waals surface area contributed by atoms with Crippen molar-refractivity contribution in [3.05, 3.63) is 51.2 Å². The molecule has 9 heteroatoms. The van der Waals surface area contributed by atoms with E-state index in [1.54, 1.807) is 12.1 Å². The molecule has 140 valence electrons. The second-order valence-electron chi connectivity index (χ2n) is 6.63. The maximum Gasteiger partial charge on any atom is 0.332 e. The van der Waals surface area contributed by atoms with Gasteiger partial charge in [-0.05, 0) is 19.1 Å². The Kier molecular flexibility index (Phi) is 4.06. The number of rotatable bonds is 4. The summed E-state index contributed by atoms with van der Waals surface area (Å²) in [5.41, 5.74) is 1.97. The summed E-state index contributed by atoms with van der Waals surface area (Å²) in [6, 6.07) is 9.91. The monoisotopic (exact) mass is 367 g/mol. The standard InChI is InChI=1S/C18H21N7O2/c1-12-11-24-14-15(22(2)18(27)23(3)16(14)26)20-17(24)25(21-12)10-9-19-13-7-5-4-6-8-13/h4-8,19H,9-11H2,1-3H3. The van der Waals surface area contributed by atoms with Crippen LogP contribution in [0.25, 0.3) is 11.2 Å². The van der Waals surface area contributed by atoms with E-state index in [0.29, 0.717) is 36.7 Å². The molecule has 0 bridgehead atoms. The minimum atomic E-state index is -0.391. The van der Waals surface area contributed by atoms with Gasteiger partial charge < -0.3 is 5.32 Å². The van der Waals surface area contributed by atoms with E-state index in [1.165, 1.54) is 11.6 Å². The number of nitrogens with zero attached hydrogens (tertiary/aromatic N) is 6. The van der Waals surface area contributed by atoms with Gasteiger partial charge >= 0.3 is 5.69 Å². The van der Waals surface area contributed by atoms with Crippen LogP contribution >= 0.6 is 0 Å². The molecule has 0 unspecified atom stereocenters. The predicted molar refractivity (Wildman–Crippen MR) is 106 cm³/mol. The van der Waals surface area contributed by atoms with Crippen molar-refractivity contribution in [2.75, 3.05) is 23.4 Å². The topological polar surface area (TPSA) is 89.5 Å². The van der Waals surface area contributed by atoms with E-state index in [2.05, 4.69) is 15.4 Å². The number of hydrogen-bond donors (Lipinski definition) is 1. The first-order valence-electron chi connectivity index (χ1n) is 8.74. The first-order valence-corrected chi connectivity index (χ1v) is 8.74. The lowest BCUT2D eigenvalue weighted by Crippen LogP contribution is -2.38. The third-order valence-corrected chi connectivity index (χ3v) is 4.66. The zero-order valence-electron chi connectivity index (χ0n) is 15.5. The Morgan fingerprint density at radius 1 is 1.11 bits per heavy atom. The second-order valence-corrected chi connectivity index (χ2v) is 6.63. The van der Waals surface area contributed by atoms with Crippen molar-refractivity contribution in [1.82, 2.24) is 18.7 Å². The number of aromatic nitrogens is 4. The molecule has 0 radical (unpaired) electrons. The fraction of sp³-hybridized carbons (Fsp3) is 0.333. The van der Waals surface area contributed by atoms with Gasteiger partial charge in [0.2, 0.25) is 5.95 Å². The number of fused-ring (bicyclic) bond motifs is 3. The Bertz CT molecular complexity index is 1150. The summed E-state index contributed by atoms with van der Waals surface area (Å²) in [6.07, 6.45) is 0. The minimum absolute atomic E-state index is 0.344. The van der Waals surface area contributed by atoms with E-state index in [-0.39, 0.29) is 5.56 Å². The first-order chi connectivity index (χ1) is 13.0. The number of nitrogens with one attached hydrogen (secondary N) is 1. The summed E-state index contributed by atoms with van der Waals surface area (Å²) < 4.78 is 4.35. The van der Waals surface area contributed by atoms with Gasteiger partial charge in [-0.15, -0.1) is 0 Å². The van der Waals surface area contributed by atoms with Crippen LogP contribution in [0, 0.1) is 0 Å². The largest absolute Gasteiger partial charge is 0.383 e. The van der Waals surface area contributed by atoms with E-state index in [1.807, 2.05) is 41.8 Å². The minimum Gasteiger partial charge on any atom is -0.383 e. The fourth-order valence-corrected chi connectivity index (χ4v) is 3.31. The van der Waals surface area contributed by atoms with Gasteiger partial charge in [0.05, 0.1) is 18.8 Å². The van der Waals surface area contributed by atoms with Crippen LogP contribution in [0.15, 0.2) is 45.0 Å². The van der Waals surface area contributed by atoms with Gasteiger partial charge in [0.25, 0.3) is 5.56 Å². The molecular formula is C18H21N7O2. The van der Waals surface area contributed by atoms with Crippen molar-refractivity contribution in [3.8, 4) is 0 Å². The third-order valence-electron chi connectivity index (χ3n) is 4.66. The van der Waals surface area contributed by atoms with E-state index in [0.717, 1.165) is 16.0 Å². The summed E-state index contributed by atoms with van der Waals surface area (Å²) >= 11 is 0. The highest BCUT2D eigenvalue weighted by atomic mass is 16.2. The number of aryl methyl sites for hydroxylation is 1. The number of hydrazone groups is 1. The van der Waals surface area contributed by atoms with Crippen LogP contribution < -0.4 is 21.6 Å².